The number of carbonyl (C=O) groups is 3. The minimum atomic E-state index is -1.18. The Bertz CT molecular complexity index is 1760. The number of non-ortho nitro benzene ring substituents is 1. The van der Waals surface area contributed by atoms with Crippen LogP contribution in [0.1, 0.15) is 27.5 Å². The predicted octanol–water partition coefficient (Wildman–Crippen LogP) is 5.18. The molecule has 0 unspecified atom stereocenters. The molecular weight excluding hydrogens is 554 g/mol. The lowest BCUT2D eigenvalue weighted by atomic mass is 9.90. The molecule has 2 fully saturated rings. The maximum atomic E-state index is 14.0. The van der Waals surface area contributed by atoms with Gasteiger partial charge in [-0.15, -0.1) is 0 Å². The number of ether oxygens (including phenoxy) is 2. The number of nitro groups is 1. The van der Waals surface area contributed by atoms with Gasteiger partial charge in [0.15, 0.2) is 17.6 Å². The van der Waals surface area contributed by atoms with E-state index in [1.54, 1.807) is 73.7 Å². The zero-order valence-electron chi connectivity index (χ0n) is 23.1. The molecule has 0 bridgehead atoms. The number of hydrogen-bond acceptors (Lipinski definition) is 9. The number of aryl methyl sites for hydroxylation is 1. The van der Waals surface area contributed by atoms with Crippen molar-refractivity contribution in [3.63, 3.8) is 0 Å². The quantitative estimate of drug-likeness (QED) is 0.0956. The van der Waals surface area contributed by atoms with Crippen LogP contribution < -0.4 is 19.4 Å². The van der Waals surface area contributed by atoms with Gasteiger partial charge in [0.2, 0.25) is 5.91 Å². The molecule has 216 valence electrons. The van der Waals surface area contributed by atoms with Crippen molar-refractivity contribution in [3.8, 4) is 11.5 Å². The molecule has 11 nitrogen and oxygen atoms in total. The first-order valence-electron chi connectivity index (χ1n) is 13.4. The largest absolute Gasteiger partial charge is 0.493 e. The minimum absolute atomic E-state index is 0.146. The minimum Gasteiger partial charge on any atom is -0.493 e. The lowest BCUT2D eigenvalue weighted by Gasteiger charge is -2.29. The second-order valence-corrected chi connectivity index (χ2v) is 10.1. The number of methoxy groups -OCH3 is 1. The van der Waals surface area contributed by atoms with E-state index in [2.05, 4.69) is 0 Å². The Hall–Kier alpha value is -5.55. The molecule has 43 heavy (non-hydrogen) atoms. The molecule has 4 aromatic rings. The number of esters is 1. The van der Waals surface area contributed by atoms with E-state index in [-0.39, 0.29) is 22.9 Å². The molecular formula is C32H25N3O8. The van der Waals surface area contributed by atoms with Crippen LogP contribution in [0.4, 0.5) is 17.1 Å². The zero-order chi connectivity index (χ0) is 30.2. The van der Waals surface area contributed by atoms with Crippen LogP contribution in [0.5, 0.6) is 11.5 Å². The fraction of sp³-hybridized carbons (Fsp3) is 0.156. The maximum absolute atomic E-state index is 14.0. The van der Waals surface area contributed by atoms with Crippen LogP contribution in [0.15, 0.2) is 97.1 Å². The molecule has 0 spiro atoms. The molecule has 0 radical (unpaired) electrons. The standard InChI is InChI=1S/C32H25N3O8/c1-19-9-6-7-14-24(19)33-30(36)27-28(34(43-29(27)31(33)37)22-12-8-13-23(18-22)35(39)40)21-15-16-25(26(17-21)41-2)42-32(38)20-10-4-3-5-11-20/h3-18,27-29H,1-2H3/t27-,28-,29-/m0/s1. The number of amides is 2. The van der Waals surface area contributed by atoms with Crippen LogP contribution in [0, 0.1) is 23.0 Å². The Kier molecular flexibility index (Phi) is 7.08. The molecule has 0 aromatic heterocycles. The van der Waals surface area contributed by atoms with Crippen molar-refractivity contribution >= 4 is 34.8 Å². The van der Waals surface area contributed by atoms with Gasteiger partial charge in [-0.2, -0.15) is 0 Å². The molecule has 2 heterocycles. The highest BCUT2D eigenvalue weighted by Crippen LogP contribution is 2.49. The van der Waals surface area contributed by atoms with Crippen molar-refractivity contribution < 1.29 is 33.6 Å². The number of hydroxylamine groups is 1. The lowest BCUT2D eigenvalue weighted by molar-refractivity contribution is -0.384. The summed E-state index contributed by atoms with van der Waals surface area (Å²) in [5.41, 5.74) is 2.15. The van der Waals surface area contributed by atoms with Gasteiger partial charge in [-0.3, -0.25) is 24.5 Å². The van der Waals surface area contributed by atoms with Gasteiger partial charge in [0.05, 0.1) is 35.0 Å². The number of nitrogens with zero attached hydrogens (tertiary/aromatic N) is 3. The highest BCUT2D eigenvalue weighted by molar-refractivity contribution is 6.24. The third kappa shape index (κ3) is 4.85. The van der Waals surface area contributed by atoms with Crippen LogP contribution in [0.25, 0.3) is 0 Å². The highest BCUT2D eigenvalue weighted by Gasteiger charge is 2.60. The van der Waals surface area contributed by atoms with Crippen LogP contribution in [-0.2, 0) is 14.4 Å². The Morgan fingerprint density at radius 3 is 2.35 bits per heavy atom. The van der Waals surface area contributed by atoms with Gasteiger partial charge in [0, 0.05) is 12.1 Å². The zero-order valence-corrected chi connectivity index (χ0v) is 23.1. The molecule has 11 heteroatoms. The molecule has 2 aliphatic heterocycles. The highest BCUT2D eigenvalue weighted by atomic mass is 16.7. The van der Waals surface area contributed by atoms with E-state index in [9.17, 15) is 24.5 Å². The van der Waals surface area contributed by atoms with Gasteiger partial charge in [-0.25, -0.2) is 14.8 Å². The molecule has 3 atom stereocenters. The van der Waals surface area contributed by atoms with Gasteiger partial charge in [0.1, 0.15) is 5.92 Å². The van der Waals surface area contributed by atoms with Gasteiger partial charge in [-0.05, 0) is 54.4 Å². The summed E-state index contributed by atoms with van der Waals surface area (Å²) >= 11 is 0. The number of nitro benzene ring substituents is 1. The topological polar surface area (TPSA) is 129 Å². The monoisotopic (exact) mass is 579 g/mol. The van der Waals surface area contributed by atoms with E-state index in [4.69, 9.17) is 14.3 Å². The van der Waals surface area contributed by atoms with E-state index in [0.29, 0.717) is 16.8 Å². The molecule has 6 rings (SSSR count). The maximum Gasteiger partial charge on any atom is 0.343 e. The SMILES string of the molecule is COc1cc([C@H]2[C@@H]3C(=O)N(c4ccccc4C)C(=O)[C@H]3ON2c2cccc([N+](=O)[O-])c2)ccc1OC(=O)c1ccccc1. The van der Waals surface area contributed by atoms with Crippen LogP contribution in [0.2, 0.25) is 0 Å². The van der Waals surface area contributed by atoms with Gasteiger partial charge >= 0.3 is 5.97 Å². The summed E-state index contributed by atoms with van der Waals surface area (Å²) in [7, 11) is 1.41. The second kappa shape index (κ2) is 11.0. The fourth-order valence-corrected chi connectivity index (χ4v) is 5.46. The summed E-state index contributed by atoms with van der Waals surface area (Å²) in [4.78, 5) is 58.7. The van der Waals surface area contributed by atoms with Gasteiger partial charge < -0.3 is 9.47 Å². The molecule has 2 aliphatic rings. The number of para-hydroxylation sites is 1. The van der Waals surface area contributed by atoms with Crippen LogP contribution in [-0.4, -0.2) is 35.9 Å². The Morgan fingerprint density at radius 1 is 0.884 bits per heavy atom. The van der Waals surface area contributed by atoms with Crippen molar-refractivity contribution in [1.29, 1.82) is 0 Å². The van der Waals surface area contributed by atoms with E-state index < -0.39 is 40.8 Å². The number of imide groups is 1. The summed E-state index contributed by atoms with van der Waals surface area (Å²) in [5.74, 6) is -2.23. The number of rotatable bonds is 7. The third-order valence-corrected chi connectivity index (χ3v) is 7.51. The van der Waals surface area contributed by atoms with E-state index >= 15 is 0 Å². The summed E-state index contributed by atoms with van der Waals surface area (Å²) in [6.45, 7) is 1.80. The fourth-order valence-electron chi connectivity index (χ4n) is 5.46. The average Bonchev–Trinajstić information content (AvgIpc) is 3.53. The van der Waals surface area contributed by atoms with Crippen molar-refractivity contribution in [1.82, 2.24) is 0 Å². The molecule has 0 saturated carbocycles. The smallest absolute Gasteiger partial charge is 0.343 e. The predicted molar refractivity (Wildman–Crippen MR) is 155 cm³/mol. The summed E-state index contributed by atoms with van der Waals surface area (Å²) < 4.78 is 11.1. The van der Waals surface area contributed by atoms with E-state index in [0.717, 1.165) is 10.5 Å². The first-order valence-corrected chi connectivity index (χ1v) is 13.4. The summed E-state index contributed by atoms with van der Waals surface area (Å²) in [6.07, 6.45) is -1.18. The second-order valence-electron chi connectivity index (χ2n) is 10.1. The van der Waals surface area contributed by atoms with Crippen LogP contribution in [0.3, 0.4) is 0 Å². The molecule has 4 aromatic carbocycles. The first-order chi connectivity index (χ1) is 20.8. The Morgan fingerprint density at radius 2 is 1.63 bits per heavy atom. The third-order valence-electron chi connectivity index (χ3n) is 7.51. The van der Waals surface area contributed by atoms with Crippen LogP contribution >= 0.6 is 0 Å². The van der Waals surface area contributed by atoms with Crippen molar-refractivity contribution in [2.45, 2.75) is 19.1 Å². The number of benzene rings is 4. The lowest BCUT2D eigenvalue weighted by Crippen LogP contribution is -2.37. The Balaban J connectivity index is 1.42. The number of carbonyl (C=O) groups excluding carboxylic acids is 3. The molecule has 0 N–H and O–H groups in total. The molecule has 2 amide bonds. The summed E-state index contributed by atoms with van der Waals surface area (Å²) in [5, 5.41) is 12.9. The van der Waals surface area contributed by atoms with E-state index in [1.165, 1.54) is 36.4 Å². The van der Waals surface area contributed by atoms with E-state index in [1.807, 2.05) is 6.07 Å². The number of hydrogen-bond donors (Lipinski definition) is 0. The molecule has 0 aliphatic carbocycles. The van der Waals surface area contributed by atoms with Crippen molar-refractivity contribution in [3.05, 3.63) is 124 Å². The van der Waals surface area contributed by atoms with Crippen molar-refractivity contribution in [2.24, 2.45) is 5.92 Å². The van der Waals surface area contributed by atoms with Gasteiger partial charge in [-0.1, -0.05) is 48.5 Å². The number of fused-ring (bicyclic) bond motifs is 1. The van der Waals surface area contributed by atoms with Crippen molar-refractivity contribution in [2.75, 3.05) is 17.1 Å². The summed E-state index contributed by atoms with van der Waals surface area (Å²) in [6, 6.07) is 25.2. The molecule has 2 saturated heterocycles. The normalized spacial score (nSPS) is 19.3. The first kappa shape index (κ1) is 27.6. The Labute approximate surface area is 245 Å². The number of anilines is 2. The van der Waals surface area contributed by atoms with Gasteiger partial charge in [0.25, 0.3) is 11.6 Å². The average molecular weight is 580 g/mol.